The van der Waals surface area contributed by atoms with Gasteiger partial charge in [0, 0.05) is 32.7 Å². The van der Waals surface area contributed by atoms with E-state index >= 15 is 0 Å². The molecule has 0 radical (unpaired) electrons. The number of aromatic amines is 2. The molecule has 3 fully saturated rings. The predicted octanol–water partition coefficient (Wildman–Crippen LogP) is 0.936. The van der Waals surface area contributed by atoms with E-state index in [0.29, 0.717) is 24.4 Å². The fourth-order valence-corrected chi connectivity index (χ4v) is 5.44. The van der Waals surface area contributed by atoms with E-state index in [2.05, 4.69) is 25.1 Å². The van der Waals surface area contributed by atoms with Crippen LogP contribution >= 0.6 is 0 Å². The number of imidazole rings is 1. The lowest BCUT2D eigenvalue weighted by molar-refractivity contribution is -0.347. The van der Waals surface area contributed by atoms with Crippen molar-refractivity contribution in [3.8, 4) is 0 Å². The molecule has 0 bridgehead atoms. The van der Waals surface area contributed by atoms with Crippen LogP contribution in [0.3, 0.4) is 0 Å². The average molecular weight is 401 g/mol. The summed E-state index contributed by atoms with van der Waals surface area (Å²) < 4.78 is 0. The Balaban J connectivity index is 1.37. The first-order chi connectivity index (χ1) is 14.1. The first-order valence-corrected chi connectivity index (χ1v) is 10.8. The Kier molecular flexibility index (Phi) is 4.57. The fraction of sp³-hybridized carbons (Fsp3) is 0.700. The van der Waals surface area contributed by atoms with Gasteiger partial charge < -0.3 is 20.2 Å². The van der Waals surface area contributed by atoms with Crippen LogP contribution in [0.5, 0.6) is 0 Å². The number of H-pyrrole nitrogens is 2. The molecule has 5 rings (SSSR count). The Morgan fingerprint density at radius 1 is 1.24 bits per heavy atom. The van der Waals surface area contributed by atoms with Crippen molar-refractivity contribution in [2.75, 3.05) is 36.9 Å². The van der Waals surface area contributed by atoms with Crippen LogP contribution in [0.15, 0.2) is 6.33 Å². The number of rotatable bonds is 3. The smallest absolute Gasteiger partial charge is 0.307 e. The second kappa shape index (κ2) is 7.12. The Morgan fingerprint density at radius 2 is 2.07 bits per heavy atom. The van der Waals surface area contributed by atoms with Gasteiger partial charge in [-0.1, -0.05) is 4.98 Å². The molecule has 3 aliphatic rings. The lowest BCUT2D eigenvalue weighted by Crippen LogP contribution is -2.50. The van der Waals surface area contributed by atoms with Crippen LogP contribution in [0.1, 0.15) is 44.9 Å². The largest absolute Gasteiger partial charge is 0.393 e. The number of likely N-dealkylation sites (tertiary alicyclic amines) is 1. The van der Waals surface area contributed by atoms with Gasteiger partial charge in [-0.3, -0.25) is 9.78 Å². The highest BCUT2D eigenvalue weighted by atomic mass is 16.3. The Hall–Kier alpha value is -2.42. The van der Waals surface area contributed by atoms with Crippen molar-refractivity contribution < 1.29 is 14.9 Å². The van der Waals surface area contributed by atoms with Gasteiger partial charge in [0.2, 0.25) is 11.4 Å². The molecule has 4 N–H and O–H groups in total. The number of hydrogen-bond acceptors (Lipinski definition) is 6. The van der Waals surface area contributed by atoms with Crippen molar-refractivity contribution >= 4 is 28.8 Å². The molecular formula is C20H30N7O2+. The minimum Gasteiger partial charge on any atom is -0.393 e. The SMILES string of the molecule is CNc1nc(N2CCCC3(CCN(C4CCC(O)CC4)C3=O)C2)nc2[nH+]c[nH]c12. The highest BCUT2D eigenvalue weighted by Gasteiger charge is 2.51. The summed E-state index contributed by atoms with van der Waals surface area (Å²) in [7, 11) is 1.85. The van der Waals surface area contributed by atoms with Gasteiger partial charge >= 0.3 is 11.6 Å². The number of amides is 1. The average Bonchev–Trinajstić information content (AvgIpc) is 3.34. The lowest BCUT2D eigenvalue weighted by atomic mass is 9.78. The minimum atomic E-state index is -0.325. The molecule has 1 aliphatic carbocycles. The Bertz CT molecular complexity index is 907. The number of carbonyl (C=O) groups excluding carboxylic acids is 1. The Labute approximate surface area is 169 Å². The zero-order valence-corrected chi connectivity index (χ0v) is 16.9. The van der Waals surface area contributed by atoms with E-state index in [1.54, 1.807) is 6.33 Å². The van der Waals surface area contributed by atoms with Crippen LogP contribution < -0.4 is 15.2 Å². The normalized spacial score (nSPS) is 30.5. The third-order valence-electron chi connectivity index (χ3n) is 7.07. The van der Waals surface area contributed by atoms with E-state index in [1.165, 1.54) is 0 Å². The molecule has 1 unspecified atom stereocenters. The molecule has 2 saturated heterocycles. The van der Waals surface area contributed by atoms with Crippen LogP contribution in [0, 0.1) is 5.41 Å². The number of aliphatic hydroxyl groups excluding tert-OH is 1. The van der Waals surface area contributed by atoms with Crippen molar-refractivity contribution in [1.82, 2.24) is 19.9 Å². The maximum absolute atomic E-state index is 13.5. The zero-order chi connectivity index (χ0) is 20.0. The molecule has 1 amide bonds. The van der Waals surface area contributed by atoms with Gasteiger partial charge in [-0.2, -0.15) is 4.98 Å². The molecule has 1 atom stereocenters. The summed E-state index contributed by atoms with van der Waals surface area (Å²) in [5.41, 5.74) is 1.29. The van der Waals surface area contributed by atoms with E-state index < -0.39 is 0 Å². The first kappa shape index (κ1) is 18.6. The number of aromatic nitrogens is 4. The molecule has 156 valence electrons. The van der Waals surface area contributed by atoms with Crippen LogP contribution in [-0.4, -0.2) is 69.7 Å². The number of aliphatic hydroxyl groups is 1. The van der Waals surface area contributed by atoms with E-state index in [1.807, 2.05) is 7.05 Å². The molecule has 4 heterocycles. The summed E-state index contributed by atoms with van der Waals surface area (Å²) in [6.07, 6.45) is 7.81. The number of fused-ring (bicyclic) bond motifs is 1. The van der Waals surface area contributed by atoms with Crippen LogP contribution in [0.4, 0.5) is 11.8 Å². The number of piperidine rings is 1. The molecule has 9 heteroatoms. The van der Waals surface area contributed by atoms with E-state index in [9.17, 15) is 9.90 Å². The van der Waals surface area contributed by atoms with Crippen molar-refractivity contribution in [3.63, 3.8) is 0 Å². The van der Waals surface area contributed by atoms with Gasteiger partial charge in [-0.15, -0.1) is 0 Å². The van der Waals surface area contributed by atoms with Crippen molar-refractivity contribution in [2.24, 2.45) is 5.41 Å². The highest BCUT2D eigenvalue weighted by molar-refractivity contribution is 5.86. The highest BCUT2D eigenvalue weighted by Crippen LogP contribution is 2.43. The Morgan fingerprint density at radius 3 is 2.86 bits per heavy atom. The summed E-state index contributed by atoms with van der Waals surface area (Å²) in [5.74, 6) is 1.72. The van der Waals surface area contributed by atoms with Crippen LogP contribution in [0.25, 0.3) is 11.2 Å². The van der Waals surface area contributed by atoms with Gasteiger partial charge in [0.05, 0.1) is 11.5 Å². The van der Waals surface area contributed by atoms with Crippen molar-refractivity contribution in [2.45, 2.75) is 57.1 Å². The van der Waals surface area contributed by atoms with Gasteiger partial charge in [0.15, 0.2) is 12.1 Å². The summed E-state index contributed by atoms with van der Waals surface area (Å²) in [4.78, 5) is 33.5. The number of carbonyl (C=O) groups is 1. The third kappa shape index (κ3) is 3.11. The monoisotopic (exact) mass is 400 g/mol. The number of hydrogen-bond donors (Lipinski definition) is 3. The molecule has 0 aromatic carbocycles. The lowest BCUT2D eigenvalue weighted by Gasteiger charge is -2.39. The molecule has 2 aromatic heterocycles. The van der Waals surface area contributed by atoms with E-state index in [4.69, 9.17) is 9.97 Å². The van der Waals surface area contributed by atoms with Gasteiger partial charge in [-0.25, -0.2) is 4.98 Å². The van der Waals surface area contributed by atoms with Crippen molar-refractivity contribution in [1.29, 1.82) is 0 Å². The maximum atomic E-state index is 13.5. The molecule has 1 saturated carbocycles. The second-order valence-electron chi connectivity index (χ2n) is 8.80. The fourth-order valence-electron chi connectivity index (χ4n) is 5.44. The second-order valence-corrected chi connectivity index (χ2v) is 8.80. The van der Waals surface area contributed by atoms with Crippen LogP contribution in [-0.2, 0) is 4.79 Å². The minimum absolute atomic E-state index is 0.193. The van der Waals surface area contributed by atoms with E-state index in [0.717, 1.165) is 75.0 Å². The molecular weight excluding hydrogens is 370 g/mol. The molecule has 2 aromatic rings. The third-order valence-corrected chi connectivity index (χ3v) is 7.07. The number of nitrogens with one attached hydrogen (secondary N) is 3. The van der Waals surface area contributed by atoms with E-state index in [-0.39, 0.29) is 11.5 Å². The van der Waals surface area contributed by atoms with Gasteiger partial charge in [-0.05, 0) is 44.9 Å². The number of anilines is 2. The van der Waals surface area contributed by atoms with Gasteiger partial charge in [0.1, 0.15) is 0 Å². The van der Waals surface area contributed by atoms with Crippen LogP contribution in [0.2, 0.25) is 0 Å². The summed E-state index contributed by atoms with van der Waals surface area (Å²) >= 11 is 0. The maximum Gasteiger partial charge on any atom is 0.307 e. The zero-order valence-electron chi connectivity index (χ0n) is 16.9. The molecule has 9 nitrogen and oxygen atoms in total. The molecule has 2 aliphatic heterocycles. The van der Waals surface area contributed by atoms with Gasteiger partial charge in [0.25, 0.3) is 0 Å². The number of nitrogens with zero attached hydrogens (tertiary/aromatic N) is 4. The predicted molar refractivity (Wildman–Crippen MR) is 108 cm³/mol. The quantitative estimate of drug-likeness (QED) is 0.707. The topological polar surface area (TPSA) is 112 Å². The summed E-state index contributed by atoms with van der Waals surface area (Å²) in [6, 6.07) is 0.290. The van der Waals surface area contributed by atoms with Crippen molar-refractivity contribution in [3.05, 3.63) is 6.33 Å². The molecule has 1 spiro atoms. The standard InChI is InChI=1S/C20H29N7O2/c1-21-16-15-17(23-12-22-15)25-19(24-16)26-9-2-7-20(11-26)8-10-27(18(20)29)13-3-5-14(28)6-4-13/h12-14,28H,2-11H2,1H3,(H2,21,22,23,24,25)/p+1. The first-order valence-electron chi connectivity index (χ1n) is 10.8. The summed E-state index contributed by atoms with van der Waals surface area (Å²) in [5, 5.41) is 12.9. The summed E-state index contributed by atoms with van der Waals surface area (Å²) in [6.45, 7) is 2.38. The molecule has 29 heavy (non-hydrogen) atoms.